The van der Waals surface area contributed by atoms with Gasteiger partial charge in [0, 0.05) is 11.8 Å². The second kappa shape index (κ2) is 5.05. The number of hydrogen-bond acceptors (Lipinski definition) is 4. The predicted molar refractivity (Wildman–Crippen MR) is 66.5 cm³/mol. The molecule has 1 aromatic carbocycles. The third-order valence-electron chi connectivity index (χ3n) is 2.43. The molecule has 1 aromatic heterocycles. The van der Waals surface area contributed by atoms with Crippen LogP contribution < -0.4 is 5.32 Å². The Morgan fingerprint density at radius 2 is 2.33 bits per heavy atom. The fourth-order valence-electron chi connectivity index (χ4n) is 1.37. The Morgan fingerprint density at radius 1 is 1.56 bits per heavy atom. The first-order chi connectivity index (χ1) is 8.58. The van der Waals surface area contributed by atoms with Crippen molar-refractivity contribution in [2.45, 2.75) is 13.0 Å². The van der Waals surface area contributed by atoms with E-state index >= 15 is 0 Å². The number of rotatable bonds is 3. The number of anilines is 1. The molecule has 0 aliphatic heterocycles. The maximum atomic E-state index is 11.9. The largest absolute Gasteiger partial charge is 0.506 e. The molecule has 0 aliphatic carbocycles. The number of carbonyl (C=O) groups excluding carboxylic acids is 1. The number of nitrogens with zero attached hydrogens (tertiary/aromatic N) is 3. The van der Waals surface area contributed by atoms with Crippen LogP contribution in [-0.2, 0) is 4.79 Å². The van der Waals surface area contributed by atoms with Crippen molar-refractivity contribution in [1.29, 1.82) is 0 Å². The summed E-state index contributed by atoms with van der Waals surface area (Å²) in [6, 6.07) is 4.00. The van der Waals surface area contributed by atoms with Crippen LogP contribution in [-0.4, -0.2) is 25.8 Å². The molecule has 94 valence electrons. The van der Waals surface area contributed by atoms with Gasteiger partial charge in [0.05, 0.1) is 5.02 Å². The van der Waals surface area contributed by atoms with Crippen LogP contribution in [0.2, 0.25) is 5.02 Å². The van der Waals surface area contributed by atoms with Crippen LogP contribution in [0.4, 0.5) is 5.69 Å². The minimum absolute atomic E-state index is 0.0807. The summed E-state index contributed by atoms with van der Waals surface area (Å²) >= 11 is 5.68. The summed E-state index contributed by atoms with van der Waals surface area (Å²) in [5, 5.41) is 16.2. The van der Waals surface area contributed by atoms with Crippen LogP contribution >= 0.6 is 11.6 Å². The Hall–Kier alpha value is -2.08. The smallest absolute Gasteiger partial charge is 0.249 e. The van der Waals surface area contributed by atoms with Gasteiger partial charge in [-0.1, -0.05) is 11.6 Å². The predicted octanol–water partition coefficient (Wildman–Crippen LogP) is 1.84. The number of amides is 1. The molecule has 1 atom stereocenters. The number of hydrogen-bond donors (Lipinski definition) is 2. The fraction of sp³-hybridized carbons (Fsp3) is 0.182. The van der Waals surface area contributed by atoms with Gasteiger partial charge in [-0.25, -0.2) is 9.67 Å². The second-order valence-electron chi connectivity index (χ2n) is 3.71. The molecule has 18 heavy (non-hydrogen) atoms. The van der Waals surface area contributed by atoms with Crippen molar-refractivity contribution in [2.24, 2.45) is 0 Å². The molecule has 1 unspecified atom stereocenters. The molecule has 1 heterocycles. The lowest BCUT2D eigenvalue weighted by Gasteiger charge is -2.12. The van der Waals surface area contributed by atoms with Crippen LogP contribution in [0.5, 0.6) is 5.75 Å². The number of carbonyl (C=O) groups is 1. The molecule has 2 N–H and O–H groups in total. The van der Waals surface area contributed by atoms with Crippen molar-refractivity contribution < 1.29 is 9.90 Å². The highest BCUT2D eigenvalue weighted by Gasteiger charge is 2.15. The van der Waals surface area contributed by atoms with Gasteiger partial charge in [0.2, 0.25) is 5.91 Å². The lowest BCUT2D eigenvalue weighted by molar-refractivity contribution is -0.119. The van der Waals surface area contributed by atoms with Crippen LogP contribution in [0.1, 0.15) is 13.0 Å². The summed E-state index contributed by atoms with van der Waals surface area (Å²) in [5.41, 5.74) is 0.467. The lowest BCUT2D eigenvalue weighted by Crippen LogP contribution is -2.23. The van der Waals surface area contributed by atoms with Gasteiger partial charge < -0.3 is 10.4 Å². The van der Waals surface area contributed by atoms with Gasteiger partial charge >= 0.3 is 0 Å². The van der Waals surface area contributed by atoms with Gasteiger partial charge in [0.1, 0.15) is 24.4 Å². The van der Waals surface area contributed by atoms with Gasteiger partial charge in [-0.3, -0.25) is 4.79 Å². The lowest BCUT2D eigenvalue weighted by atomic mass is 10.2. The minimum atomic E-state index is -0.495. The second-order valence-corrected chi connectivity index (χ2v) is 4.11. The molecular formula is C11H11ClN4O2. The molecule has 2 aromatic rings. The number of phenols is 1. The number of aromatic hydroxyl groups is 1. The third kappa shape index (κ3) is 2.60. The molecule has 0 bridgehead atoms. The maximum Gasteiger partial charge on any atom is 0.249 e. The summed E-state index contributed by atoms with van der Waals surface area (Å²) in [6.07, 6.45) is 2.82. The molecule has 0 aliphatic rings. The summed E-state index contributed by atoms with van der Waals surface area (Å²) in [6.45, 7) is 1.69. The normalized spacial score (nSPS) is 12.1. The van der Waals surface area contributed by atoms with Crippen molar-refractivity contribution in [3.8, 4) is 5.75 Å². The fourth-order valence-corrected chi connectivity index (χ4v) is 1.49. The van der Waals surface area contributed by atoms with Gasteiger partial charge in [-0.15, -0.1) is 0 Å². The van der Waals surface area contributed by atoms with E-state index in [0.717, 1.165) is 0 Å². The molecule has 6 nitrogen and oxygen atoms in total. The van der Waals surface area contributed by atoms with Crippen LogP contribution in [0.25, 0.3) is 0 Å². The molecule has 2 rings (SSSR count). The monoisotopic (exact) mass is 266 g/mol. The third-order valence-corrected chi connectivity index (χ3v) is 2.75. The average molecular weight is 267 g/mol. The summed E-state index contributed by atoms with van der Waals surface area (Å²) < 4.78 is 1.44. The van der Waals surface area contributed by atoms with E-state index in [1.165, 1.54) is 29.5 Å². The summed E-state index contributed by atoms with van der Waals surface area (Å²) in [7, 11) is 0. The topological polar surface area (TPSA) is 80.0 Å². The SMILES string of the molecule is CC(C(=O)Nc1ccc(Cl)c(O)c1)n1cncn1. The van der Waals surface area contributed by atoms with E-state index in [2.05, 4.69) is 15.4 Å². The summed E-state index contributed by atoms with van der Waals surface area (Å²) in [5.74, 6) is -0.343. The zero-order valence-electron chi connectivity index (χ0n) is 9.54. The maximum absolute atomic E-state index is 11.9. The molecule has 0 spiro atoms. The number of nitrogens with one attached hydrogen (secondary N) is 1. The Bertz CT molecular complexity index is 556. The van der Waals surface area contributed by atoms with Crippen molar-refractivity contribution in [3.05, 3.63) is 35.9 Å². The average Bonchev–Trinajstić information content (AvgIpc) is 2.86. The van der Waals surface area contributed by atoms with E-state index in [1.54, 1.807) is 13.0 Å². The van der Waals surface area contributed by atoms with E-state index in [0.29, 0.717) is 5.69 Å². The Balaban J connectivity index is 2.09. The summed E-state index contributed by atoms with van der Waals surface area (Å²) in [4.78, 5) is 15.7. The number of phenolic OH excluding ortho intramolecular Hbond substituents is 1. The van der Waals surface area contributed by atoms with Crippen molar-refractivity contribution >= 4 is 23.2 Å². The van der Waals surface area contributed by atoms with Crippen LogP contribution in [0.3, 0.4) is 0 Å². The number of benzene rings is 1. The van der Waals surface area contributed by atoms with Crippen molar-refractivity contribution in [2.75, 3.05) is 5.32 Å². The standard InChI is InChI=1S/C11H11ClN4O2/c1-7(16-6-13-5-14-16)11(18)15-8-2-3-9(12)10(17)4-8/h2-7,17H,1H3,(H,15,18). The van der Waals surface area contributed by atoms with Crippen LogP contribution in [0.15, 0.2) is 30.9 Å². The van der Waals surface area contributed by atoms with Gasteiger partial charge in [0.15, 0.2) is 0 Å². The zero-order valence-corrected chi connectivity index (χ0v) is 10.3. The molecule has 0 saturated heterocycles. The molecule has 0 radical (unpaired) electrons. The Kier molecular flexibility index (Phi) is 3.47. The molecule has 7 heteroatoms. The van der Waals surface area contributed by atoms with E-state index in [4.69, 9.17) is 11.6 Å². The van der Waals surface area contributed by atoms with Gasteiger partial charge in [-0.05, 0) is 19.1 Å². The van der Waals surface area contributed by atoms with E-state index < -0.39 is 6.04 Å². The first-order valence-electron chi connectivity index (χ1n) is 5.21. The van der Waals surface area contributed by atoms with E-state index in [1.807, 2.05) is 0 Å². The molecule has 0 saturated carbocycles. The highest BCUT2D eigenvalue weighted by molar-refractivity contribution is 6.32. The number of aromatic nitrogens is 3. The highest BCUT2D eigenvalue weighted by Crippen LogP contribution is 2.26. The van der Waals surface area contributed by atoms with E-state index in [9.17, 15) is 9.90 Å². The van der Waals surface area contributed by atoms with E-state index in [-0.39, 0.29) is 16.7 Å². The van der Waals surface area contributed by atoms with Crippen molar-refractivity contribution in [1.82, 2.24) is 14.8 Å². The Labute approximate surface area is 108 Å². The molecule has 1 amide bonds. The van der Waals surface area contributed by atoms with Gasteiger partial charge in [-0.2, -0.15) is 5.10 Å². The first-order valence-corrected chi connectivity index (χ1v) is 5.59. The quantitative estimate of drug-likeness (QED) is 0.888. The highest BCUT2D eigenvalue weighted by atomic mass is 35.5. The van der Waals surface area contributed by atoms with Gasteiger partial charge in [0.25, 0.3) is 0 Å². The minimum Gasteiger partial charge on any atom is -0.506 e. The molecular weight excluding hydrogens is 256 g/mol. The van der Waals surface area contributed by atoms with Crippen LogP contribution in [0, 0.1) is 0 Å². The van der Waals surface area contributed by atoms with Crippen molar-refractivity contribution in [3.63, 3.8) is 0 Å². The number of halogens is 1. The molecule has 0 fully saturated rings. The Morgan fingerprint density at radius 3 is 2.94 bits per heavy atom. The zero-order chi connectivity index (χ0) is 13.1. The first kappa shape index (κ1) is 12.4.